The maximum Gasteiger partial charge on any atom is 0.393 e. The molecule has 1 amide bonds. The molecule has 1 heterocycles. The Hall–Kier alpha value is -3.40. The zero-order chi connectivity index (χ0) is 32.2. The van der Waals surface area contributed by atoms with E-state index in [-0.39, 0.29) is 22.6 Å². The fraction of sp³-hybridized carbons (Fsp3) is 0.444. The summed E-state index contributed by atoms with van der Waals surface area (Å²) in [6, 6.07) is 3.77. The van der Waals surface area contributed by atoms with Gasteiger partial charge in [0.2, 0.25) is 0 Å². The van der Waals surface area contributed by atoms with Gasteiger partial charge >= 0.3 is 53.8 Å². The molecule has 0 unspecified atom stereocenters. The van der Waals surface area contributed by atoms with Crippen molar-refractivity contribution in [3.05, 3.63) is 39.8 Å². The number of carbonyl (C=O) groups excluding carboxylic acids is 1. The molecule has 0 aliphatic carbocycles. The third-order valence-corrected chi connectivity index (χ3v) is 5.81. The van der Waals surface area contributed by atoms with Gasteiger partial charge in [-0.15, -0.1) is 11.3 Å². The summed E-state index contributed by atoms with van der Waals surface area (Å²) in [5.41, 5.74) is -0.855. The molecule has 0 fully saturated rings. The second-order valence-electron chi connectivity index (χ2n) is 7.67. The SMILES string of the molecule is O=C(Nc1nc(-c2ccc([N+](=O)[O-])cc2)cs1)C(F)(F)C(F)(F)C(F)(F)C(F)(F)C(F)(F)C(F)(F)C(F)(F)C(F)F. The fourth-order valence-electron chi connectivity index (χ4n) is 2.67. The lowest BCUT2D eigenvalue weighted by molar-refractivity contribution is -0.443. The summed E-state index contributed by atoms with van der Waals surface area (Å²) in [5.74, 6) is -60.4. The molecule has 230 valence electrons. The first-order valence-corrected chi connectivity index (χ1v) is 10.5. The molecule has 6 nitrogen and oxygen atoms in total. The summed E-state index contributed by atoms with van der Waals surface area (Å²) >= 11 is 0.0717. The van der Waals surface area contributed by atoms with Crippen molar-refractivity contribution in [3.8, 4) is 11.3 Å². The van der Waals surface area contributed by atoms with Gasteiger partial charge in [0.1, 0.15) is 0 Å². The van der Waals surface area contributed by atoms with E-state index < -0.39 is 69.5 Å². The van der Waals surface area contributed by atoms with Gasteiger partial charge in [0, 0.05) is 23.1 Å². The predicted octanol–water partition coefficient (Wildman–Crippen LogP) is 7.37. The van der Waals surface area contributed by atoms with Crippen LogP contribution in [0.5, 0.6) is 0 Å². The molecule has 1 aromatic heterocycles. The highest BCUT2D eigenvalue weighted by molar-refractivity contribution is 7.14. The molecule has 2 aromatic rings. The third-order valence-electron chi connectivity index (χ3n) is 5.05. The Balaban J connectivity index is 2.42. The molecule has 0 saturated carbocycles. The number of nitrogens with one attached hydrogen (secondary N) is 1. The predicted molar refractivity (Wildman–Crippen MR) is 103 cm³/mol. The maximum atomic E-state index is 14.0. The van der Waals surface area contributed by atoms with E-state index in [4.69, 9.17) is 0 Å². The van der Waals surface area contributed by atoms with E-state index >= 15 is 0 Å². The highest BCUT2D eigenvalue weighted by Crippen LogP contribution is 2.62. The minimum absolute atomic E-state index is 0.0561. The smallest absolute Gasteiger partial charge is 0.296 e. The number of rotatable bonds is 11. The molecule has 1 N–H and O–H groups in total. The maximum absolute atomic E-state index is 14.0. The van der Waals surface area contributed by atoms with Crippen LogP contribution in [0.2, 0.25) is 0 Å². The molecule has 0 radical (unpaired) electrons. The van der Waals surface area contributed by atoms with E-state index in [0.717, 1.165) is 35.0 Å². The zero-order valence-corrected chi connectivity index (χ0v) is 19.4. The number of benzene rings is 1. The summed E-state index contributed by atoms with van der Waals surface area (Å²) in [5, 5.41) is 11.0. The lowest BCUT2D eigenvalue weighted by Crippen LogP contribution is -2.74. The van der Waals surface area contributed by atoms with E-state index in [2.05, 4.69) is 4.98 Å². The number of nitrogens with zero attached hydrogens (tertiary/aromatic N) is 2. The summed E-state index contributed by atoms with van der Waals surface area (Å²) in [6.07, 6.45) is -5.96. The van der Waals surface area contributed by atoms with Gasteiger partial charge in [-0.05, 0) is 12.1 Å². The van der Waals surface area contributed by atoms with Gasteiger partial charge in [0.25, 0.3) is 5.69 Å². The fourth-order valence-corrected chi connectivity index (χ4v) is 3.39. The van der Waals surface area contributed by atoms with Crippen LogP contribution >= 0.6 is 11.3 Å². The van der Waals surface area contributed by atoms with E-state index in [1.807, 2.05) is 0 Å². The molecule has 0 aliphatic heterocycles. The standard InChI is InChI=1S/C18H7F16N3O3S/c19-9(20)12(21,22)14(25,26)16(29,30)18(33,34)17(31,32)15(27,28)13(23,24)10(38)36-11-35-8(5-41-11)6-1-3-7(4-2-6)37(39)40/h1-5,9H,(H,35,36,38). The Morgan fingerprint density at radius 1 is 0.780 bits per heavy atom. The van der Waals surface area contributed by atoms with Crippen LogP contribution in [0.1, 0.15) is 0 Å². The van der Waals surface area contributed by atoms with Crippen LogP contribution in [0.15, 0.2) is 29.6 Å². The first kappa shape index (κ1) is 33.8. The Labute approximate surface area is 218 Å². The van der Waals surface area contributed by atoms with Gasteiger partial charge < -0.3 is 0 Å². The first-order chi connectivity index (χ1) is 18.2. The molecule has 41 heavy (non-hydrogen) atoms. The number of anilines is 1. The summed E-state index contributed by atoms with van der Waals surface area (Å²) in [4.78, 5) is 24.8. The number of hydrogen-bond donors (Lipinski definition) is 1. The molecule has 23 heteroatoms. The largest absolute Gasteiger partial charge is 0.393 e. The first-order valence-electron chi connectivity index (χ1n) is 9.66. The molecule has 0 aliphatic rings. The van der Waals surface area contributed by atoms with E-state index in [1.165, 1.54) is 0 Å². The molecular formula is C18H7F16N3O3S. The number of non-ortho nitro benzene ring substituents is 1. The van der Waals surface area contributed by atoms with Crippen LogP contribution in [-0.4, -0.2) is 63.7 Å². The highest BCUT2D eigenvalue weighted by atomic mass is 32.1. The van der Waals surface area contributed by atoms with Crippen molar-refractivity contribution in [1.82, 2.24) is 4.98 Å². The number of aromatic nitrogens is 1. The van der Waals surface area contributed by atoms with Crippen molar-refractivity contribution < 1.29 is 80.0 Å². The van der Waals surface area contributed by atoms with Crippen molar-refractivity contribution >= 4 is 28.1 Å². The van der Waals surface area contributed by atoms with Crippen LogP contribution in [0.4, 0.5) is 81.1 Å². The normalized spacial score (nSPS) is 14.4. The third kappa shape index (κ3) is 5.00. The van der Waals surface area contributed by atoms with Crippen LogP contribution in [-0.2, 0) is 4.79 Å². The van der Waals surface area contributed by atoms with Crippen molar-refractivity contribution in [2.24, 2.45) is 0 Å². The number of hydrogen-bond acceptors (Lipinski definition) is 5. The number of carbonyl (C=O) groups is 1. The molecule has 0 spiro atoms. The van der Waals surface area contributed by atoms with Gasteiger partial charge in [0.15, 0.2) is 5.13 Å². The Kier molecular flexibility index (Phi) is 8.37. The highest BCUT2D eigenvalue weighted by Gasteiger charge is 2.94. The van der Waals surface area contributed by atoms with E-state index in [0.29, 0.717) is 0 Å². The summed E-state index contributed by atoms with van der Waals surface area (Å²) < 4.78 is 214. The topological polar surface area (TPSA) is 85.1 Å². The minimum Gasteiger partial charge on any atom is -0.296 e. The molecule has 1 aromatic carbocycles. The molecule has 0 saturated heterocycles. The van der Waals surface area contributed by atoms with Crippen molar-refractivity contribution in [2.45, 2.75) is 47.9 Å². The average Bonchev–Trinajstić information content (AvgIpc) is 3.31. The quantitative estimate of drug-likeness (QED) is 0.157. The van der Waals surface area contributed by atoms with Crippen LogP contribution in [0, 0.1) is 10.1 Å². The lowest BCUT2D eigenvalue weighted by atomic mass is 9.89. The lowest BCUT2D eigenvalue weighted by Gasteiger charge is -2.42. The Morgan fingerprint density at radius 3 is 1.66 bits per heavy atom. The van der Waals surface area contributed by atoms with Gasteiger partial charge in [-0.25, -0.2) is 13.8 Å². The van der Waals surface area contributed by atoms with Crippen molar-refractivity contribution in [2.75, 3.05) is 5.32 Å². The van der Waals surface area contributed by atoms with Crippen LogP contribution in [0.25, 0.3) is 11.3 Å². The second-order valence-corrected chi connectivity index (χ2v) is 8.52. The van der Waals surface area contributed by atoms with E-state index in [1.54, 1.807) is 0 Å². The monoisotopic (exact) mass is 649 g/mol. The van der Waals surface area contributed by atoms with E-state index in [9.17, 15) is 85.2 Å². The van der Waals surface area contributed by atoms with Gasteiger partial charge in [0.05, 0.1) is 10.6 Å². The minimum atomic E-state index is -8.63. The number of amides is 1. The molecule has 0 bridgehead atoms. The number of nitro groups is 1. The van der Waals surface area contributed by atoms with Crippen molar-refractivity contribution in [1.29, 1.82) is 0 Å². The molecular weight excluding hydrogens is 642 g/mol. The summed E-state index contributed by atoms with van der Waals surface area (Å²) in [6.45, 7) is 0. The van der Waals surface area contributed by atoms with Crippen LogP contribution < -0.4 is 5.32 Å². The van der Waals surface area contributed by atoms with Crippen molar-refractivity contribution in [3.63, 3.8) is 0 Å². The number of thiazole rings is 1. The second kappa shape index (κ2) is 10.2. The van der Waals surface area contributed by atoms with Crippen LogP contribution in [0.3, 0.4) is 0 Å². The number of nitro benzene ring substituents is 1. The Morgan fingerprint density at radius 2 is 1.22 bits per heavy atom. The van der Waals surface area contributed by atoms with Gasteiger partial charge in [-0.2, -0.15) is 61.5 Å². The molecule has 0 atom stereocenters. The van der Waals surface area contributed by atoms with Gasteiger partial charge in [-0.3, -0.25) is 20.2 Å². The number of halogens is 16. The average molecular weight is 649 g/mol. The molecule has 2 rings (SSSR count). The summed E-state index contributed by atoms with van der Waals surface area (Å²) in [7, 11) is 0. The Bertz CT molecular complexity index is 1300. The van der Waals surface area contributed by atoms with Gasteiger partial charge in [-0.1, -0.05) is 0 Å². The zero-order valence-electron chi connectivity index (χ0n) is 18.5. The number of alkyl halides is 16.